The van der Waals surface area contributed by atoms with Crippen molar-refractivity contribution >= 4 is 21.7 Å². The van der Waals surface area contributed by atoms with Crippen LogP contribution in [-0.2, 0) is 5.41 Å². The van der Waals surface area contributed by atoms with Crippen LogP contribution in [0.1, 0.15) is 52.1 Å². The van der Waals surface area contributed by atoms with E-state index in [0.717, 1.165) is 16.0 Å². The van der Waals surface area contributed by atoms with E-state index in [0.29, 0.717) is 11.7 Å². The summed E-state index contributed by atoms with van der Waals surface area (Å²) in [6, 6.07) is 0. The second-order valence-corrected chi connectivity index (χ2v) is 5.83. The fourth-order valence-corrected chi connectivity index (χ4v) is 2.01. The molecule has 4 heteroatoms. The molecule has 1 heterocycles. The molecule has 2 N–H and O–H groups in total. The number of halogens is 1. The molecule has 0 spiro atoms. The Morgan fingerprint density at radius 2 is 1.73 bits per heavy atom. The average molecular weight is 272 g/mol. The third-order valence-electron chi connectivity index (χ3n) is 2.12. The predicted molar refractivity (Wildman–Crippen MR) is 66.9 cm³/mol. The van der Waals surface area contributed by atoms with Gasteiger partial charge < -0.3 is 5.73 Å². The van der Waals surface area contributed by atoms with Gasteiger partial charge in [0.25, 0.3) is 0 Å². The highest BCUT2D eigenvalue weighted by molar-refractivity contribution is 9.10. The summed E-state index contributed by atoms with van der Waals surface area (Å²) in [5, 5.41) is 0. The van der Waals surface area contributed by atoms with E-state index in [2.05, 4.69) is 60.5 Å². The Bertz CT molecular complexity index is 367. The highest BCUT2D eigenvalue weighted by Gasteiger charge is 2.22. The number of rotatable bonds is 1. The molecule has 0 saturated carbocycles. The van der Waals surface area contributed by atoms with Crippen LogP contribution in [0.2, 0.25) is 0 Å². The maximum atomic E-state index is 5.86. The molecule has 0 bridgehead atoms. The van der Waals surface area contributed by atoms with Crippen LogP contribution in [0.25, 0.3) is 0 Å². The molecule has 1 aromatic rings. The molecule has 0 saturated heterocycles. The van der Waals surface area contributed by atoms with Crippen LogP contribution in [0.4, 0.5) is 5.82 Å². The quantitative estimate of drug-likeness (QED) is 0.853. The van der Waals surface area contributed by atoms with Gasteiger partial charge in [-0.25, -0.2) is 9.97 Å². The molecule has 0 aliphatic carbocycles. The predicted octanol–water partition coefficient (Wildman–Crippen LogP) is 3.24. The van der Waals surface area contributed by atoms with E-state index in [4.69, 9.17) is 5.73 Å². The highest BCUT2D eigenvalue weighted by atomic mass is 79.9. The first-order valence-corrected chi connectivity index (χ1v) is 5.86. The van der Waals surface area contributed by atoms with Gasteiger partial charge >= 0.3 is 0 Å². The standard InChI is InChI=1S/C11H18BrN3/c1-6(2)10-14-8(11(3,4)5)7(12)9(13)15-10/h6H,1-5H3,(H2,13,14,15). The molecule has 0 radical (unpaired) electrons. The zero-order valence-corrected chi connectivity index (χ0v) is 11.5. The van der Waals surface area contributed by atoms with E-state index >= 15 is 0 Å². The molecular weight excluding hydrogens is 254 g/mol. The second kappa shape index (κ2) is 4.08. The number of hydrogen-bond donors (Lipinski definition) is 1. The summed E-state index contributed by atoms with van der Waals surface area (Å²) in [6.45, 7) is 10.5. The smallest absolute Gasteiger partial charge is 0.141 e. The Hall–Kier alpha value is -0.640. The monoisotopic (exact) mass is 271 g/mol. The number of nitrogens with two attached hydrogens (primary N) is 1. The zero-order valence-electron chi connectivity index (χ0n) is 9.93. The SMILES string of the molecule is CC(C)c1nc(N)c(Br)c(C(C)(C)C)n1. The average Bonchev–Trinajstić information content (AvgIpc) is 2.06. The van der Waals surface area contributed by atoms with Gasteiger partial charge in [-0.05, 0) is 15.9 Å². The summed E-state index contributed by atoms with van der Waals surface area (Å²) >= 11 is 3.45. The second-order valence-electron chi connectivity index (χ2n) is 5.03. The molecule has 0 aromatic carbocycles. The minimum Gasteiger partial charge on any atom is -0.383 e. The summed E-state index contributed by atoms with van der Waals surface area (Å²) in [7, 11) is 0. The Balaban J connectivity index is 3.38. The number of nitrogen functional groups attached to an aromatic ring is 1. The first-order valence-electron chi connectivity index (χ1n) is 5.07. The molecule has 1 rings (SSSR count). The van der Waals surface area contributed by atoms with Crippen molar-refractivity contribution in [2.75, 3.05) is 5.73 Å². The molecule has 84 valence electrons. The Kier molecular flexibility index (Phi) is 3.38. The summed E-state index contributed by atoms with van der Waals surface area (Å²) in [5.41, 5.74) is 6.80. The van der Waals surface area contributed by atoms with Crippen molar-refractivity contribution in [2.24, 2.45) is 0 Å². The molecule has 0 atom stereocenters. The van der Waals surface area contributed by atoms with E-state index in [1.165, 1.54) is 0 Å². The Morgan fingerprint density at radius 1 is 1.20 bits per heavy atom. The van der Waals surface area contributed by atoms with Crippen molar-refractivity contribution in [3.63, 3.8) is 0 Å². The van der Waals surface area contributed by atoms with Crippen molar-refractivity contribution in [2.45, 2.75) is 46.0 Å². The van der Waals surface area contributed by atoms with Crippen LogP contribution >= 0.6 is 15.9 Å². The first-order chi connectivity index (χ1) is 6.73. The van der Waals surface area contributed by atoms with Gasteiger partial charge in [0.05, 0.1) is 10.2 Å². The highest BCUT2D eigenvalue weighted by Crippen LogP contribution is 2.32. The fourth-order valence-electron chi connectivity index (χ4n) is 1.24. The maximum Gasteiger partial charge on any atom is 0.141 e. The van der Waals surface area contributed by atoms with Crippen molar-refractivity contribution in [1.82, 2.24) is 9.97 Å². The van der Waals surface area contributed by atoms with Gasteiger partial charge in [-0.3, -0.25) is 0 Å². The van der Waals surface area contributed by atoms with E-state index in [1.54, 1.807) is 0 Å². The lowest BCUT2D eigenvalue weighted by atomic mass is 9.91. The topological polar surface area (TPSA) is 51.8 Å². The first kappa shape index (κ1) is 12.4. The van der Waals surface area contributed by atoms with E-state index < -0.39 is 0 Å². The molecule has 0 amide bonds. The van der Waals surface area contributed by atoms with E-state index in [1.807, 2.05) is 0 Å². The maximum absolute atomic E-state index is 5.86. The summed E-state index contributed by atoms with van der Waals surface area (Å²) < 4.78 is 0.819. The molecule has 0 unspecified atom stereocenters. The molecule has 15 heavy (non-hydrogen) atoms. The summed E-state index contributed by atoms with van der Waals surface area (Å²) in [6.07, 6.45) is 0. The van der Waals surface area contributed by atoms with Crippen molar-refractivity contribution < 1.29 is 0 Å². The van der Waals surface area contributed by atoms with Gasteiger partial charge in [0.1, 0.15) is 11.6 Å². The Labute approximate surface area is 99.6 Å². The third-order valence-corrected chi connectivity index (χ3v) is 2.90. The van der Waals surface area contributed by atoms with Crippen LogP contribution in [0.5, 0.6) is 0 Å². The third kappa shape index (κ3) is 2.68. The fraction of sp³-hybridized carbons (Fsp3) is 0.636. The minimum absolute atomic E-state index is 0.0282. The summed E-state index contributed by atoms with van der Waals surface area (Å²) in [5.74, 6) is 1.63. The number of hydrogen-bond acceptors (Lipinski definition) is 3. The molecule has 3 nitrogen and oxygen atoms in total. The van der Waals surface area contributed by atoms with Gasteiger partial charge in [0.15, 0.2) is 0 Å². The van der Waals surface area contributed by atoms with Gasteiger partial charge in [0, 0.05) is 11.3 Å². The minimum atomic E-state index is -0.0282. The van der Waals surface area contributed by atoms with Crippen molar-refractivity contribution in [3.8, 4) is 0 Å². The lowest BCUT2D eigenvalue weighted by Crippen LogP contribution is -2.18. The van der Waals surface area contributed by atoms with Crippen LogP contribution in [0.15, 0.2) is 4.47 Å². The van der Waals surface area contributed by atoms with E-state index in [-0.39, 0.29) is 5.41 Å². The zero-order chi connectivity index (χ0) is 11.8. The van der Waals surface area contributed by atoms with Crippen LogP contribution in [-0.4, -0.2) is 9.97 Å². The van der Waals surface area contributed by atoms with E-state index in [9.17, 15) is 0 Å². The largest absolute Gasteiger partial charge is 0.383 e. The molecule has 0 aliphatic rings. The molecule has 1 aromatic heterocycles. The lowest BCUT2D eigenvalue weighted by molar-refractivity contribution is 0.555. The molecular formula is C11H18BrN3. The van der Waals surface area contributed by atoms with Crippen LogP contribution < -0.4 is 5.73 Å². The van der Waals surface area contributed by atoms with Crippen LogP contribution in [0, 0.1) is 0 Å². The van der Waals surface area contributed by atoms with Crippen molar-refractivity contribution in [1.29, 1.82) is 0 Å². The van der Waals surface area contributed by atoms with Gasteiger partial charge in [-0.15, -0.1) is 0 Å². The van der Waals surface area contributed by atoms with Crippen LogP contribution in [0.3, 0.4) is 0 Å². The van der Waals surface area contributed by atoms with Gasteiger partial charge in [-0.1, -0.05) is 34.6 Å². The van der Waals surface area contributed by atoms with Gasteiger partial charge in [-0.2, -0.15) is 0 Å². The lowest BCUT2D eigenvalue weighted by Gasteiger charge is -2.21. The molecule has 0 fully saturated rings. The number of anilines is 1. The summed E-state index contributed by atoms with van der Waals surface area (Å²) in [4.78, 5) is 8.83. The van der Waals surface area contributed by atoms with Crippen molar-refractivity contribution in [3.05, 3.63) is 16.0 Å². The normalized spacial score (nSPS) is 12.2. The van der Waals surface area contributed by atoms with Gasteiger partial charge in [0.2, 0.25) is 0 Å². The Morgan fingerprint density at radius 3 is 2.13 bits per heavy atom. The number of aromatic nitrogens is 2. The number of nitrogens with zero attached hydrogens (tertiary/aromatic N) is 2. The molecule has 0 aliphatic heterocycles.